The molecule has 1 fully saturated rings. The molecule has 0 aromatic heterocycles. The Hall–Kier alpha value is -0.840. The summed E-state index contributed by atoms with van der Waals surface area (Å²) in [4.78, 5) is 15.2. The minimum atomic E-state index is 0.141. The quantitative estimate of drug-likeness (QED) is 0.627. The van der Waals surface area contributed by atoms with Crippen molar-refractivity contribution in [3.05, 3.63) is 0 Å². The Morgan fingerprint density at radius 2 is 2.29 bits per heavy atom. The van der Waals surface area contributed by atoms with Crippen molar-refractivity contribution in [1.29, 1.82) is 0 Å². The molecule has 1 aliphatic rings. The van der Waals surface area contributed by atoms with Crippen LogP contribution < -0.4 is 5.32 Å². The lowest BCUT2D eigenvalue weighted by atomic mass is 10.4. The predicted octanol–water partition coefficient (Wildman–Crippen LogP) is 0.0449. The summed E-state index contributed by atoms with van der Waals surface area (Å²) in [6.45, 7) is 4.89. The van der Waals surface area contributed by atoms with E-state index in [1.165, 1.54) is 0 Å². The van der Waals surface area contributed by atoms with Gasteiger partial charge in [-0.15, -0.1) is 0 Å². The third kappa shape index (κ3) is 2.83. The first kappa shape index (κ1) is 11.2. The van der Waals surface area contributed by atoms with Gasteiger partial charge in [0.05, 0.1) is 6.54 Å². The number of hydrogen-bond acceptors (Lipinski definition) is 2. The Morgan fingerprint density at radius 1 is 1.57 bits per heavy atom. The lowest BCUT2D eigenvalue weighted by Crippen LogP contribution is -2.43. The molecule has 0 aliphatic carbocycles. The highest BCUT2D eigenvalue weighted by Crippen LogP contribution is 2.02. The first-order valence-corrected chi connectivity index (χ1v) is 5.32. The monoisotopic (exact) mass is 215 g/mol. The van der Waals surface area contributed by atoms with Crippen molar-refractivity contribution < 1.29 is 4.79 Å². The van der Waals surface area contributed by atoms with Gasteiger partial charge in [0, 0.05) is 26.7 Å². The number of likely N-dealkylation sites (N-methyl/N-ethyl adjacent to an activating group) is 1. The highest BCUT2D eigenvalue weighted by Gasteiger charge is 2.19. The van der Waals surface area contributed by atoms with E-state index in [0.717, 1.165) is 26.1 Å². The van der Waals surface area contributed by atoms with Gasteiger partial charge in [0.1, 0.15) is 0 Å². The van der Waals surface area contributed by atoms with Crippen LogP contribution in [-0.4, -0.2) is 54.0 Å². The van der Waals surface area contributed by atoms with E-state index in [-0.39, 0.29) is 5.91 Å². The van der Waals surface area contributed by atoms with Gasteiger partial charge in [-0.05, 0) is 25.6 Å². The maximum atomic E-state index is 11.5. The number of carbonyl (C=O) groups is 1. The number of thiocarbonyl (C=S) groups is 1. The Kier molecular flexibility index (Phi) is 4.13. The fourth-order valence-corrected chi connectivity index (χ4v) is 1.72. The van der Waals surface area contributed by atoms with Crippen LogP contribution in [0.1, 0.15) is 13.3 Å². The number of hydrogen-bond donors (Lipinski definition) is 1. The van der Waals surface area contributed by atoms with Gasteiger partial charge < -0.3 is 15.1 Å². The molecular weight excluding hydrogens is 198 g/mol. The summed E-state index contributed by atoms with van der Waals surface area (Å²) >= 11 is 5.17. The van der Waals surface area contributed by atoms with Gasteiger partial charge in [-0.25, -0.2) is 0 Å². The molecule has 0 aromatic carbocycles. The normalized spacial score (nSPS) is 18.0. The van der Waals surface area contributed by atoms with Crippen molar-refractivity contribution in [2.24, 2.45) is 0 Å². The molecule has 4 nitrogen and oxygen atoms in total. The SMILES string of the molecule is CCNC(=S)N1CCCN(C)C(=O)C1. The van der Waals surface area contributed by atoms with Crippen LogP contribution in [-0.2, 0) is 4.79 Å². The number of nitrogens with zero attached hydrogens (tertiary/aromatic N) is 2. The van der Waals surface area contributed by atoms with Crippen molar-refractivity contribution in [3.63, 3.8) is 0 Å². The van der Waals surface area contributed by atoms with E-state index in [2.05, 4.69) is 5.32 Å². The van der Waals surface area contributed by atoms with E-state index in [9.17, 15) is 4.79 Å². The van der Waals surface area contributed by atoms with Crippen molar-refractivity contribution >= 4 is 23.2 Å². The molecule has 1 aliphatic heterocycles. The maximum absolute atomic E-state index is 11.5. The first-order valence-electron chi connectivity index (χ1n) is 4.92. The van der Waals surface area contributed by atoms with E-state index in [0.29, 0.717) is 11.7 Å². The molecule has 0 radical (unpaired) electrons. The largest absolute Gasteiger partial charge is 0.363 e. The predicted molar refractivity (Wildman–Crippen MR) is 60.1 cm³/mol. The standard InChI is InChI=1S/C9H17N3OS/c1-3-10-9(14)12-6-4-5-11(2)8(13)7-12/h3-7H2,1-2H3,(H,10,14). The topological polar surface area (TPSA) is 35.6 Å². The molecule has 0 saturated carbocycles. The molecule has 5 heteroatoms. The van der Waals surface area contributed by atoms with E-state index >= 15 is 0 Å². The summed E-state index contributed by atoms with van der Waals surface area (Å²) in [5.74, 6) is 0.141. The average Bonchev–Trinajstić information content (AvgIpc) is 2.30. The summed E-state index contributed by atoms with van der Waals surface area (Å²) in [6, 6.07) is 0. The fraction of sp³-hybridized carbons (Fsp3) is 0.778. The Labute approximate surface area is 90.2 Å². The van der Waals surface area contributed by atoms with Crippen LogP contribution in [0, 0.1) is 0 Å². The lowest BCUT2D eigenvalue weighted by Gasteiger charge is -2.22. The fourth-order valence-electron chi connectivity index (χ4n) is 1.42. The zero-order chi connectivity index (χ0) is 10.6. The van der Waals surface area contributed by atoms with Crippen LogP contribution in [0.3, 0.4) is 0 Å². The zero-order valence-corrected chi connectivity index (χ0v) is 9.56. The highest BCUT2D eigenvalue weighted by atomic mass is 32.1. The van der Waals surface area contributed by atoms with E-state index in [4.69, 9.17) is 12.2 Å². The molecule has 1 heterocycles. The molecule has 1 amide bonds. The molecule has 0 aromatic rings. The van der Waals surface area contributed by atoms with Crippen molar-refractivity contribution in [1.82, 2.24) is 15.1 Å². The van der Waals surface area contributed by atoms with Crippen molar-refractivity contribution in [2.75, 3.05) is 33.2 Å². The summed E-state index contributed by atoms with van der Waals surface area (Å²) in [5.41, 5.74) is 0. The molecule has 1 rings (SSSR count). The first-order chi connectivity index (χ1) is 6.65. The number of rotatable bonds is 1. The molecule has 1 N–H and O–H groups in total. The molecule has 0 bridgehead atoms. The summed E-state index contributed by atoms with van der Waals surface area (Å²) in [5, 5.41) is 3.76. The lowest BCUT2D eigenvalue weighted by molar-refractivity contribution is -0.129. The van der Waals surface area contributed by atoms with Crippen LogP contribution >= 0.6 is 12.2 Å². The van der Waals surface area contributed by atoms with Gasteiger partial charge in [-0.3, -0.25) is 4.79 Å². The van der Waals surface area contributed by atoms with Gasteiger partial charge in [-0.2, -0.15) is 0 Å². The van der Waals surface area contributed by atoms with Gasteiger partial charge in [0.15, 0.2) is 5.11 Å². The van der Waals surface area contributed by atoms with Crippen molar-refractivity contribution in [2.45, 2.75) is 13.3 Å². The maximum Gasteiger partial charge on any atom is 0.241 e. The second-order valence-corrected chi connectivity index (χ2v) is 3.81. The summed E-state index contributed by atoms with van der Waals surface area (Å²) < 4.78 is 0. The minimum absolute atomic E-state index is 0.141. The second-order valence-electron chi connectivity index (χ2n) is 3.43. The molecule has 80 valence electrons. The molecule has 1 saturated heterocycles. The Balaban J connectivity index is 2.54. The van der Waals surface area contributed by atoms with Gasteiger partial charge >= 0.3 is 0 Å². The third-order valence-corrected chi connectivity index (χ3v) is 2.69. The second kappa shape index (κ2) is 5.14. The van der Waals surface area contributed by atoms with Gasteiger partial charge in [0.2, 0.25) is 5.91 Å². The minimum Gasteiger partial charge on any atom is -0.363 e. The number of amides is 1. The van der Waals surface area contributed by atoms with E-state index in [1.807, 2.05) is 18.9 Å². The van der Waals surface area contributed by atoms with Gasteiger partial charge in [-0.1, -0.05) is 0 Å². The van der Waals surface area contributed by atoms with Crippen LogP contribution in [0.25, 0.3) is 0 Å². The zero-order valence-electron chi connectivity index (χ0n) is 8.75. The smallest absolute Gasteiger partial charge is 0.241 e. The van der Waals surface area contributed by atoms with Crippen molar-refractivity contribution in [3.8, 4) is 0 Å². The molecule has 14 heavy (non-hydrogen) atoms. The van der Waals surface area contributed by atoms with Crippen LogP contribution in [0.5, 0.6) is 0 Å². The van der Waals surface area contributed by atoms with E-state index < -0.39 is 0 Å². The summed E-state index contributed by atoms with van der Waals surface area (Å²) in [7, 11) is 1.84. The average molecular weight is 215 g/mol. The molecule has 0 atom stereocenters. The molecular formula is C9H17N3OS. The highest BCUT2D eigenvalue weighted by molar-refractivity contribution is 7.80. The van der Waals surface area contributed by atoms with E-state index in [1.54, 1.807) is 4.90 Å². The Bertz CT molecular complexity index is 232. The molecule has 0 spiro atoms. The van der Waals surface area contributed by atoms with Crippen LogP contribution in [0.15, 0.2) is 0 Å². The Morgan fingerprint density at radius 3 is 2.93 bits per heavy atom. The summed E-state index contributed by atoms with van der Waals surface area (Å²) in [6.07, 6.45) is 0.980. The van der Waals surface area contributed by atoms with Gasteiger partial charge in [0.25, 0.3) is 0 Å². The molecule has 0 unspecified atom stereocenters. The van der Waals surface area contributed by atoms with Crippen LogP contribution in [0.2, 0.25) is 0 Å². The number of nitrogens with one attached hydrogen (secondary N) is 1. The third-order valence-electron chi connectivity index (χ3n) is 2.29. The van der Waals surface area contributed by atoms with Crippen LogP contribution in [0.4, 0.5) is 0 Å². The number of carbonyl (C=O) groups excluding carboxylic acids is 1.